The van der Waals surface area contributed by atoms with Gasteiger partial charge >= 0.3 is 0 Å². The minimum absolute atomic E-state index is 0.0546. The van der Waals surface area contributed by atoms with E-state index in [-0.39, 0.29) is 17.7 Å². The topological polar surface area (TPSA) is 108 Å². The smallest absolute Gasteiger partial charge is 0.262 e. The third-order valence-corrected chi connectivity index (χ3v) is 11.6. The van der Waals surface area contributed by atoms with Gasteiger partial charge in [0.25, 0.3) is 10.0 Å². The number of piperidine rings is 1. The molecule has 10 heteroatoms. The molecule has 3 N–H and O–H groups in total. The molecule has 0 bridgehead atoms. The maximum Gasteiger partial charge on any atom is 0.262 e. The fraction of sp³-hybridized carbons (Fsp3) is 0.333. The van der Waals surface area contributed by atoms with Crippen molar-refractivity contribution in [3.63, 3.8) is 0 Å². The van der Waals surface area contributed by atoms with Crippen LogP contribution in [0.1, 0.15) is 57.7 Å². The first-order valence-electron chi connectivity index (χ1n) is 16.8. The lowest BCUT2D eigenvalue weighted by Gasteiger charge is -2.36. The molecule has 0 saturated carbocycles. The number of carbonyl (C=O) groups excluding carboxylic acids is 2. The number of para-hydroxylation sites is 1. The lowest BCUT2D eigenvalue weighted by Crippen LogP contribution is -2.56. The van der Waals surface area contributed by atoms with Crippen molar-refractivity contribution in [2.75, 3.05) is 17.8 Å². The zero-order valence-corrected chi connectivity index (χ0v) is 29.7. The molecule has 2 heterocycles. The van der Waals surface area contributed by atoms with Crippen LogP contribution in [0.4, 0.5) is 5.69 Å². The van der Waals surface area contributed by atoms with Crippen LogP contribution >= 0.6 is 11.6 Å². The van der Waals surface area contributed by atoms with Gasteiger partial charge in [0.2, 0.25) is 11.8 Å². The highest BCUT2D eigenvalue weighted by Gasteiger charge is 2.33. The molecular formula is C39H43ClN4O4S. The van der Waals surface area contributed by atoms with Crippen LogP contribution in [0, 0.1) is 20.8 Å². The molecular weight excluding hydrogens is 656 g/mol. The molecule has 0 unspecified atom stereocenters. The highest BCUT2D eigenvalue weighted by Crippen LogP contribution is 2.35. The molecule has 2 amide bonds. The van der Waals surface area contributed by atoms with Gasteiger partial charge in [0.1, 0.15) is 6.04 Å². The van der Waals surface area contributed by atoms with E-state index >= 15 is 0 Å². The van der Waals surface area contributed by atoms with Crippen LogP contribution in [0.25, 0.3) is 0 Å². The van der Waals surface area contributed by atoms with E-state index in [9.17, 15) is 18.0 Å². The fourth-order valence-corrected chi connectivity index (χ4v) is 9.00. The molecule has 0 radical (unpaired) electrons. The number of fused-ring (bicyclic) bond motifs is 1. The van der Waals surface area contributed by atoms with Gasteiger partial charge in [0.15, 0.2) is 0 Å². The molecule has 4 aromatic carbocycles. The van der Waals surface area contributed by atoms with Gasteiger partial charge in [-0.25, -0.2) is 8.42 Å². The SMILES string of the molecule is Cc1cc(C)c(S(=O)(=O)Nc2ccccc2C2CCN(C(=O)[C@@H](Cc3ccc(Cl)cc3)NC(=O)[C@@H]3Cc4ccccc4CN3)CC2)c(C)c1. The summed E-state index contributed by atoms with van der Waals surface area (Å²) in [6.45, 7) is 7.17. The second kappa shape index (κ2) is 14.7. The van der Waals surface area contributed by atoms with Crippen LogP contribution in [0.3, 0.4) is 0 Å². The van der Waals surface area contributed by atoms with Crippen LogP contribution in [0.5, 0.6) is 0 Å². The number of aryl methyl sites for hydroxylation is 3. The van der Waals surface area contributed by atoms with Crippen molar-refractivity contribution in [1.29, 1.82) is 0 Å². The number of nitrogens with one attached hydrogen (secondary N) is 3. The molecule has 0 aromatic heterocycles. The molecule has 0 aliphatic carbocycles. The number of amides is 2. The van der Waals surface area contributed by atoms with Crippen molar-refractivity contribution in [2.24, 2.45) is 0 Å². The minimum Gasteiger partial charge on any atom is -0.343 e. The fourth-order valence-electron chi connectivity index (χ4n) is 7.33. The maximum absolute atomic E-state index is 14.1. The number of nitrogens with zero attached hydrogens (tertiary/aromatic N) is 1. The van der Waals surface area contributed by atoms with Gasteiger partial charge in [-0.15, -0.1) is 0 Å². The number of halogens is 1. The van der Waals surface area contributed by atoms with E-state index in [1.165, 1.54) is 5.56 Å². The molecule has 8 nitrogen and oxygen atoms in total. The van der Waals surface area contributed by atoms with Crippen molar-refractivity contribution in [1.82, 2.24) is 15.5 Å². The van der Waals surface area contributed by atoms with Crippen molar-refractivity contribution in [2.45, 2.75) is 75.9 Å². The Morgan fingerprint density at radius 1 is 0.898 bits per heavy atom. The van der Waals surface area contributed by atoms with Gasteiger partial charge in [-0.2, -0.15) is 0 Å². The second-order valence-corrected chi connectivity index (χ2v) is 15.4. The summed E-state index contributed by atoms with van der Waals surface area (Å²) in [5.74, 6) is -0.270. The van der Waals surface area contributed by atoms with Crippen molar-refractivity contribution in [3.8, 4) is 0 Å². The second-order valence-electron chi connectivity index (χ2n) is 13.3. The highest BCUT2D eigenvalue weighted by atomic mass is 35.5. The lowest BCUT2D eigenvalue weighted by molar-refractivity contribution is -0.137. The summed E-state index contributed by atoms with van der Waals surface area (Å²) < 4.78 is 30.1. The average Bonchev–Trinajstić information content (AvgIpc) is 3.08. The third kappa shape index (κ3) is 8.01. The van der Waals surface area contributed by atoms with E-state index in [0.717, 1.165) is 22.3 Å². The largest absolute Gasteiger partial charge is 0.343 e. The Hall–Kier alpha value is -4.18. The van der Waals surface area contributed by atoms with E-state index in [0.29, 0.717) is 72.0 Å². The van der Waals surface area contributed by atoms with Gasteiger partial charge in [-0.05, 0) is 97.5 Å². The number of likely N-dealkylation sites (tertiary alicyclic amines) is 1. The molecule has 6 rings (SSSR count). The maximum atomic E-state index is 14.1. The molecule has 0 spiro atoms. The van der Waals surface area contributed by atoms with Gasteiger partial charge < -0.3 is 15.5 Å². The summed E-state index contributed by atoms with van der Waals surface area (Å²) in [7, 11) is -3.83. The summed E-state index contributed by atoms with van der Waals surface area (Å²) in [5.41, 5.74) is 7.12. The summed E-state index contributed by atoms with van der Waals surface area (Å²) in [5, 5.41) is 7.02. The number of carbonyl (C=O) groups is 2. The van der Waals surface area contributed by atoms with E-state index in [1.54, 1.807) is 18.2 Å². The van der Waals surface area contributed by atoms with Crippen LogP contribution in [-0.2, 0) is 39.0 Å². The van der Waals surface area contributed by atoms with Crippen molar-refractivity contribution >= 4 is 39.1 Å². The number of sulfonamides is 1. The van der Waals surface area contributed by atoms with Crippen LogP contribution in [0.15, 0.2) is 89.8 Å². The van der Waals surface area contributed by atoms with Gasteiger partial charge in [-0.1, -0.05) is 83.9 Å². The number of benzene rings is 4. The molecule has 2 atom stereocenters. The minimum atomic E-state index is -3.83. The van der Waals surface area contributed by atoms with E-state index in [1.807, 2.05) is 86.3 Å². The van der Waals surface area contributed by atoms with Gasteiger partial charge in [-0.3, -0.25) is 14.3 Å². The predicted molar refractivity (Wildman–Crippen MR) is 194 cm³/mol. The summed E-state index contributed by atoms with van der Waals surface area (Å²) >= 11 is 6.13. The quantitative estimate of drug-likeness (QED) is 0.193. The molecule has 1 fully saturated rings. The van der Waals surface area contributed by atoms with Crippen LogP contribution < -0.4 is 15.4 Å². The molecule has 2 aliphatic heterocycles. The number of rotatable bonds is 9. The van der Waals surface area contributed by atoms with Crippen molar-refractivity contribution < 1.29 is 18.0 Å². The molecule has 4 aromatic rings. The Morgan fingerprint density at radius 2 is 1.53 bits per heavy atom. The first-order valence-corrected chi connectivity index (χ1v) is 18.7. The third-order valence-electron chi connectivity index (χ3n) is 9.69. The Bertz CT molecular complexity index is 1930. The Morgan fingerprint density at radius 3 is 2.22 bits per heavy atom. The Kier molecular flexibility index (Phi) is 10.4. The summed E-state index contributed by atoms with van der Waals surface area (Å²) in [6.07, 6.45) is 2.22. The van der Waals surface area contributed by atoms with Crippen molar-refractivity contribution in [3.05, 3.63) is 129 Å². The first kappa shape index (κ1) is 34.7. The summed E-state index contributed by atoms with van der Waals surface area (Å²) in [6, 6.07) is 25.5. The Labute approximate surface area is 294 Å². The van der Waals surface area contributed by atoms with E-state index in [4.69, 9.17) is 11.6 Å². The zero-order valence-electron chi connectivity index (χ0n) is 28.1. The van der Waals surface area contributed by atoms with E-state index < -0.39 is 22.1 Å². The van der Waals surface area contributed by atoms with Crippen LogP contribution in [-0.4, -0.2) is 50.3 Å². The average molecular weight is 699 g/mol. The molecule has 49 heavy (non-hydrogen) atoms. The van der Waals surface area contributed by atoms with Gasteiger partial charge in [0, 0.05) is 31.1 Å². The highest BCUT2D eigenvalue weighted by molar-refractivity contribution is 7.92. The lowest BCUT2D eigenvalue weighted by atomic mass is 9.88. The first-order chi connectivity index (χ1) is 23.5. The molecule has 256 valence electrons. The van der Waals surface area contributed by atoms with E-state index in [2.05, 4.69) is 21.4 Å². The standard InChI is InChI=1S/C39H43ClN4O4S/c1-25-20-26(2)37(27(3)21-25)49(47,48)43-34-11-7-6-10-33(34)29-16-18-44(19-17-29)39(46)36(22-28-12-14-32(40)15-13-28)42-38(45)35-23-30-8-4-5-9-31(30)24-41-35/h4-15,20-21,29,35-36,41,43H,16-19,22-24H2,1-3H3,(H,42,45)/t35-,36+/m0/s1. The zero-order chi connectivity index (χ0) is 34.7. The molecule has 2 aliphatic rings. The summed E-state index contributed by atoms with van der Waals surface area (Å²) in [4.78, 5) is 29.8. The predicted octanol–water partition coefficient (Wildman–Crippen LogP) is 6.21. The van der Waals surface area contributed by atoms with Crippen LogP contribution in [0.2, 0.25) is 5.02 Å². The molecule has 1 saturated heterocycles. The number of anilines is 1. The Balaban J connectivity index is 1.15. The number of hydrogen-bond donors (Lipinski definition) is 3. The monoisotopic (exact) mass is 698 g/mol. The normalized spacial score (nSPS) is 17.2. The van der Waals surface area contributed by atoms with Gasteiger partial charge in [0.05, 0.1) is 16.6 Å². The number of hydrogen-bond acceptors (Lipinski definition) is 5.